The van der Waals surface area contributed by atoms with Crippen LogP contribution in [0.2, 0.25) is 0 Å². The molecule has 116 valence electrons. The summed E-state index contributed by atoms with van der Waals surface area (Å²) in [6.07, 6.45) is 4.19. The van der Waals surface area contributed by atoms with E-state index in [4.69, 9.17) is 4.74 Å². The van der Waals surface area contributed by atoms with Gasteiger partial charge in [-0.2, -0.15) is 0 Å². The maximum atomic E-state index is 14.5. The molecule has 1 N–H and O–H groups in total. The lowest BCUT2D eigenvalue weighted by molar-refractivity contribution is -0.0438. The van der Waals surface area contributed by atoms with Crippen molar-refractivity contribution in [3.63, 3.8) is 0 Å². The van der Waals surface area contributed by atoms with Crippen LogP contribution in [-0.2, 0) is 11.2 Å². The maximum absolute atomic E-state index is 14.5. The Kier molecular flexibility index (Phi) is 4.35. The summed E-state index contributed by atoms with van der Waals surface area (Å²) in [4.78, 5) is 10.1. The lowest BCUT2D eigenvalue weighted by Gasteiger charge is -2.37. The SMILES string of the molecule is CCc1ncnc(N2CCC[C@@H]2[C@@H]2COCC[C@@H]2O)c1F. The first-order chi connectivity index (χ1) is 10.2. The molecule has 2 aliphatic heterocycles. The van der Waals surface area contributed by atoms with Crippen molar-refractivity contribution >= 4 is 5.82 Å². The first-order valence-electron chi connectivity index (χ1n) is 7.74. The summed E-state index contributed by atoms with van der Waals surface area (Å²) < 4.78 is 20.0. The van der Waals surface area contributed by atoms with Gasteiger partial charge in [0.25, 0.3) is 0 Å². The molecule has 2 aliphatic rings. The molecule has 0 radical (unpaired) electrons. The number of hydrogen-bond donors (Lipinski definition) is 1. The molecule has 0 aromatic carbocycles. The van der Waals surface area contributed by atoms with Crippen LogP contribution in [0.15, 0.2) is 6.33 Å². The fourth-order valence-electron chi connectivity index (χ4n) is 3.46. The number of aliphatic hydroxyl groups excluding tert-OH is 1. The number of nitrogens with zero attached hydrogens (tertiary/aromatic N) is 3. The number of ether oxygens (including phenoxy) is 1. The largest absolute Gasteiger partial charge is 0.393 e. The van der Waals surface area contributed by atoms with Gasteiger partial charge in [-0.05, 0) is 25.7 Å². The molecule has 0 saturated carbocycles. The van der Waals surface area contributed by atoms with Crippen LogP contribution in [0.3, 0.4) is 0 Å². The molecule has 0 spiro atoms. The molecule has 21 heavy (non-hydrogen) atoms. The number of hydrogen-bond acceptors (Lipinski definition) is 5. The van der Waals surface area contributed by atoms with Gasteiger partial charge in [-0.15, -0.1) is 0 Å². The molecule has 1 aromatic heterocycles. The van der Waals surface area contributed by atoms with Crippen molar-refractivity contribution in [2.75, 3.05) is 24.7 Å². The lowest BCUT2D eigenvalue weighted by Crippen LogP contribution is -2.46. The Balaban J connectivity index is 1.87. The quantitative estimate of drug-likeness (QED) is 0.917. The molecule has 2 fully saturated rings. The second kappa shape index (κ2) is 6.23. The molecule has 0 unspecified atom stereocenters. The van der Waals surface area contributed by atoms with Gasteiger partial charge in [0, 0.05) is 25.1 Å². The van der Waals surface area contributed by atoms with Crippen molar-refractivity contribution in [3.05, 3.63) is 17.8 Å². The fourth-order valence-corrected chi connectivity index (χ4v) is 3.46. The third-order valence-electron chi connectivity index (χ3n) is 4.61. The van der Waals surface area contributed by atoms with E-state index < -0.39 is 0 Å². The normalized spacial score (nSPS) is 29.9. The molecule has 3 rings (SSSR count). The van der Waals surface area contributed by atoms with Crippen LogP contribution in [0, 0.1) is 11.7 Å². The highest BCUT2D eigenvalue weighted by molar-refractivity contribution is 5.43. The van der Waals surface area contributed by atoms with Gasteiger partial charge >= 0.3 is 0 Å². The van der Waals surface area contributed by atoms with Crippen molar-refractivity contribution in [3.8, 4) is 0 Å². The number of aliphatic hydroxyl groups is 1. The minimum Gasteiger partial charge on any atom is -0.393 e. The number of rotatable bonds is 3. The van der Waals surface area contributed by atoms with Crippen LogP contribution in [0.5, 0.6) is 0 Å². The molecule has 3 atom stereocenters. The van der Waals surface area contributed by atoms with Crippen molar-refractivity contribution in [2.45, 2.75) is 44.8 Å². The highest BCUT2D eigenvalue weighted by atomic mass is 19.1. The van der Waals surface area contributed by atoms with E-state index in [9.17, 15) is 9.50 Å². The molecule has 1 aromatic rings. The maximum Gasteiger partial charge on any atom is 0.187 e. The van der Waals surface area contributed by atoms with Gasteiger partial charge in [0.1, 0.15) is 6.33 Å². The highest BCUT2D eigenvalue weighted by Crippen LogP contribution is 2.34. The molecule has 0 bridgehead atoms. The minimum atomic E-state index is -0.375. The fraction of sp³-hybridized carbons (Fsp3) is 0.733. The average Bonchev–Trinajstić information content (AvgIpc) is 2.97. The van der Waals surface area contributed by atoms with Crippen molar-refractivity contribution in [1.29, 1.82) is 0 Å². The predicted molar refractivity (Wildman–Crippen MR) is 76.7 cm³/mol. The summed E-state index contributed by atoms with van der Waals surface area (Å²) in [6.45, 7) is 3.79. The molecule has 0 aliphatic carbocycles. The Morgan fingerprint density at radius 2 is 2.29 bits per heavy atom. The summed E-state index contributed by atoms with van der Waals surface area (Å²) in [5.41, 5.74) is 0.450. The molecule has 6 heteroatoms. The lowest BCUT2D eigenvalue weighted by atomic mass is 9.89. The van der Waals surface area contributed by atoms with E-state index >= 15 is 0 Å². The van der Waals surface area contributed by atoms with Crippen molar-refractivity contribution in [1.82, 2.24) is 9.97 Å². The third kappa shape index (κ3) is 2.74. The average molecular weight is 295 g/mol. The van der Waals surface area contributed by atoms with Gasteiger partial charge in [0.15, 0.2) is 11.6 Å². The van der Waals surface area contributed by atoms with E-state index in [2.05, 4.69) is 9.97 Å². The van der Waals surface area contributed by atoms with E-state index in [1.807, 2.05) is 11.8 Å². The van der Waals surface area contributed by atoms with Gasteiger partial charge in [-0.3, -0.25) is 0 Å². The topological polar surface area (TPSA) is 58.5 Å². The van der Waals surface area contributed by atoms with E-state index in [1.165, 1.54) is 6.33 Å². The Labute approximate surface area is 124 Å². The second-order valence-electron chi connectivity index (χ2n) is 5.81. The summed E-state index contributed by atoms with van der Waals surface area (Å²) in [7, 11) is 0. The molecule has 5 nitrogen and oxygen atoms in total. The van der Waals surface area contributed by atoms with E-state index in [-0.39, 0.29) is 23.9 Å². The zero-order valence-electron chi connectivity index (χ0n) is 12.3. The van der Waals surface area contributed by atoms with Gasteiger partial charge in [0.05, 0.1) is 18.4 Å². The first kappa shape index (κ1) is 14.7. The van der Waals surface area contributed by atoms with Crippen molar-refractivity contribution in [2.24, 2.45) is 5.92 Å². The van der Waals surface area contributed by atoms with Crippen LogP contribution in [0.4, 0.5) is 10.2 Å². The molecular formula is C15H22FN3O2. The Morgan fingerprint density at radius 1 is 1.43 bits per heavy atom. The van der Waals surface area contributed by atoms with Crippen LogP contribution >= 0.6 is 0 Å². The standard InChI is InChI=1S/C15H22FN3O2/c1-2-11-14(16)15(18-9-17-11)19-6-3-4-12(19)10-8-21-7-5-13(10)20/h9-10,12-13,20H,2-8H2,1H3/t10-,12+,13-/m0/s1. The van der Waals surface area contributed by atoms with Gasteiger partial charge in [0.2, 0.25) is 0 Å². The van der Waals surface area contributed by atoms with E-state index in [1.54, 1.807) is 0 Å². The Hall–Kier alpha value is -1.27. The summed E-state index contributed by atoms with van der Waals surface area (Å²) >= 11 is 0. The van der Waals surface area contributed by atoms with Gasteiger partial charge in [-0.25, -0.2) is 14.4 Å². The second-order valence-corrected chi connectivity index (χ2v) is 5.81. The van der Waals surface area contributed by atoms with Crippen LogP contribution in [-0.4, -0.2) is 47.0 Å². The van der Waals surface area contributed by atoms with Crippen molar-refractivity contribution < 1.29 is 14.2 Å². The van der Waals surface area contributed by atoms with E-state index in [0.717, 1.165) is 19.4 Å². The third-order valence-corrected chi connectivity index (χ3v) is 4.61. The summed E-state index contributed by atoms with van der Waals surface area (Å²) in [5, 5.41) is 10.2. The smallest absolute Gasteiger partial charge is 0.187 e. The van der Waals surface area contributed by atoms with Crippen LogP contribution < -0.4 is 4.90 Å². The van der Waals surface area contributed by atoms with Crippen LogP contribution in [0.1, 0.15) is 31.9 Å². The molecule has 2 saturated heterocycles. The number of halogens is 1. The zero-order chi connectivity index (χ0) is 14.8. The molecular weight excluding hydrogens is 273 g/mol. The Morgan fingerprint density at radius 3 is 3.05 bits per heavy atom. The number of anilines is 1. The van der Waals surface area contributed by atoms with E-state index in [0.29, 0.717) is 37.6 Å². The zero-order valence-corrected chi connectivity index (χ0v) is 12.3. The van der Waals surface area contributed by atoms with Crippen LogP contribution in [0.25, 0.3) is 0 Å². The van der Waals surface area contributed by atoms with Gasteiger partial charge in [-0.1, -0.05) is 6.92 Å². The van der Waals surface area contributed by atoms with Gasteiger partial charge < -0.3 is 14.7 Å². The predicted octanol–water partition coefficient (Wildman–Crippen LogP) is 1.54. The Bertz CT molecular complexity index is 500. The first-order valence-corrected chi connectivity index (χ1v) is 7.74. The highest BCUT2D eigenvalue weighted by Gasteiger charge is 2.39. The summed E-state index contributed by atoms with van der Waals surface area (Å²) in [5.74, 6) is 0.0842. The monoisotopic (exact) mass is 295 g/mol. The molecule has 3 heterocycles. The number of aryl methyl sites for hydroxylation is 1. The summed E-state index contributed by atoms with van der Waals surface area (Å²) in [6, 6.07) is 0.0920. The minimum absolute atomic E-state index is 0.0284. The molecule has 0 amide bonds. The number of aromatic nitrogens is 2.